The number of carbonyl (C=O) groups excluding carboxylic acids is 3. The van der Waals surface area contributed by atoms with Gasteiger partial charge in [-0.05, 0) is 6.42 Å². The molecule has 1 aliphatic heterocycles. The standard InChI is InChI=1S/C14H20Cl3NO7/c1-2-3-4-23-12(21)10(19)6-8-5-9(11(20)25-8)18-13(22)24-7-14(15,16)17/h8-10,19H,2-7H2,1H3,(H,18,22)/t8-,9+,10?/m1/s1. The molecule has 1 saturated heterocycles. The Kier molecular flexibility index (Phi) is 9.06. The molecule has 1 fully saturated rings. The van der Waals surface area contributed by atoms with Gasteiger partial charge in [0.05, 0.1) is 6.61 Å². The summed E-state index contributed by atoms with van der Waals surface area (Å²) in [6.45, 7) is 1.67. The molecule has 3 atom stereocenters. The quantitative estimate of drug-likeness (QED) is 0.267. The van der Waals surface area contributed by atoms with Crippen molar-refractivity contribution in [2.24, 2.45) is 0 Å². The molecular formula is C14H20Cl3NO7. The molecule has 0 bridgehead atoms. The van der Waals surface area contributed by atoms with Gasteiger partial charge in [0.15, 0.2) is 6.10 Å². The number of halogens is 3. The second kappa shape index (κ2) is 10.3. The third-order valence-electron chi connectivity index (χ3n) is 3.23. The molecule has 0 aromatic carbocycles. The fourth-order valence-corrected chi connectivity index (χ4v) is 2.17. The Morgan fingerprint density at radius 3 is 2.68 bits per heavy atom. The molecule has 11 heteroatoms. The molecule has 1 amide bonds. The Hall–Kier alpha value is -0.960. The molecule has 1 rings (SSSR count). The van der Waals surface area contributed by atoms with Crippen LogP contribution in [0.1, 0.15) is 32.6 Å². The second-order valence-electron chi connectivity index (χ2n) is 5.46. The van der Waals surface area contributed by atoms with Gasteiger partial charge in [-0.15, -0.1) is 0 Å². The van der Waals surface area contributed by atoms with Crippen LogP contribution in [0.4, 0.5) is 4.79 Å². The van der Waals surface area contributed by atoms with E-state index in [1.54, 1.807) is 0 Å². The van der Waals surface area contributed by atoms with Crippen LogP contribution < -0.4 is 5.32 Å². The van der Waals surface area contributed by atoms with Crippen LogP contribution in [0.25, 0.3) is 0 Å². The number of aliphatic hydroxyl groups excluding tert-OH is 1. The first-order valence-electron chi connectivity index (χ1n) is 7.67. The number of nitrogens with one attached hydrogen (secondary N) is 1. The number of hydrogen-bond donors (Lipinski definition) is 2. The van der Waals surface area contributed by atoms with Crippen molar-refractivity contribution in [2.75, 3.05) is 13.2 Å². The van der Waals surface area contributed by atoms with E-state index in [9.17, 15) is 19.5 Å². The lowest BCUT2D eigenvalue weighted by molar-refractivity contribution is -0.157. The van der Waals surface area contributed by atoms with E-state index in [0.717, 1.165) is 6.42 Å². The normalized spacial score (nSPS) is 21.4. The zero-order chi connectivity index (χ0) is 19.0. The Morgan fingerprint density at radius 2 is 2.08 bits per heavy atom. The van der Waals surface area contributed by atoms with Crippen molar-refractivity contribution >= 4 is 52.8 Å². The van der Waals surface area contributed by atoms with Gasteiger partial charge in [-0.2, -0.15) is 0 Å². The fraction of sp³-hybridized carbons (Fsp3) is 0.786. The average molecular weight is 421 g/mol. The first kappa shape index (κ1) is 22.1. The molecule has 2 N–H and O–H groups in total. The number of amides is 1. The Bertz CT molecular complexity index is 484. The molecule has 0 aromatic rings. The number of aliphatic hydroxyl groups is 1. The van der Waals surface area contributed by atoms with Crippen LogP contribution in [0.2, 0.25) is 0 Å². The molecule has 0 aliphatic carbocycles. The molecule has 0 aromatic heterocycles. The van der Waals surface area contributed by atoms with Gasteiger partial charge in [0.2, 0.25) is 3.79 Å². The molecule has 0 radical (unpaired) electrons. The fourth-order valence-electron chi connectivity index (χ4n) is 2.01. The zero-order valence-corrected chi connectivity index (χ0v) is 15.8. The van der Waals surface area contributed by atoms with Gasteiger partial charge in [-0.3, -0.25) is 0 Å². The maximum atomic E-state index is 11.7. The first-order chi connectivity index (χ1) is 11.6. The maximum absolute atomic E-state index is 11.7. The molecule has 1 aliphatic rings. The van der Waals surface area contributed by atoms with Crippen LogP contribution in [0.5, 0.6) is 0 Å². The predicted octanol–water partition coefficient (Wildman–Crippen LogP) is 1.86. The number of carbonyl (C=O) groups is 3. The van der Waals surface area contributed by atoms with Crippen molar-refractivity contribution in [3.63, 3.8) is 0 Å². The molecule has 1 unspecified atom stereocenters. The van der Waals surface area contributed by atoms with Crippen LogP contribution in [-0.4, -0.2) is 58.4 Å². The van der Waals surface area contributed by atoms with Gasteiger partial charge in [0.1, 0.15) is 18.8 Å². The van der Waals surface area contributed by atoms with E-state index in [1.165, 1.54) is 0 Å². The number of rotatable bonds is 8. The van der Waals surface area contributed by atoms with Gasteiger partial charge < -0.3 is 24.6 Å². The molecule has 0 saturated carbocycles. The van der Waals surface area contributed by atoms with Crippen molar-refractivity contribution in [3.8, 4) is 0 Å². The second-order valence-corrected chi connectivity index (χ2v) is 7.97. The smallest absolute Gasteiger partial charge is 0.407 e. The lowest BCUT2D eigenvalue weighted by atomic mass is 10.1. The Labute approximate surface area is 160 Å². The largest absolute Gasteiger partial charge is 0.464 e. The van der Waals surface area contributed by atoms with Gasteiger partial charge in [0.25, 0.3) is 0 Å². The summed E-state index contributed by atoms with van der Waals surface area (Å²) in [6, 6.07) is -0.976. The number of unbranched alkanes of at least 4 members (excludes halogenated alkanes) is 1. The first-order valence-corrected chi connectivity index (χ1v) is 8.81. The van der Waals surface area contributed by atoms with Crippen LogP contribution in [0.15, 0.2) is 0 Å². The Morgan fingerprint density at radius 1 is 1.40 bits per heavy atom. The SMILES string of the molecule is CCCCOC(=O)C(O)C[C@H]1C[C@H](NC(=O)OCC(Cl)(Cl)Cl)C(=O)O1. The van der Waals surface area contributed by atoms with Crippen LogP contribution in [0.3, 0.4) is 0 Å². The highest BCUT2D eigenvalue weighted by Crippen LogP contribution is 2.26. The van der Waals surface area contributed by atoms with Gasteiger partial charge in [-0.25, -0.2) is 14.4 Å². The van der Waals surface area contributed by atoms with Gasteiger partial charge in [-0.1, -0.05) is 48.1 Å². The number of esters is 2. The van der Waals surface area contributed by atoms with E-state index >= 15 is 0 Å². The highest BCUT2D eigenvalue weighted by atomic mass is 35.6. The average Bonchev–Trinajstić information content (AvgIpc) is 2.84. The molecule has 8 nitrogen and oxygen atoms in total. The van der Waals surface area contributed by atoms with Crippen LogP contribution in [0, 0.1) is 0 Å². The summed E-state index contributed by atoms with van der Waals surface area (Å²) in [5.74, 6) is -1.48. The van der Waals surface area contributed by atoms with Crippen molar-refractivity contribution in [1.29, 1.82) is 0 Å². The van der Waals surface area contributed by atoms with E-state index < -0.39 is 46.7 Å². The minimum Gasteiger partial charge on any atom is -0.464 e. The van der Waals surface area contributed by atoms with Crippen molar-refractivity contribution < 1.29 is 33.7 Å². The summed E-state index contributed by atoms with van der Waals surface area (Å²) in [7, 11) is 0. The third kappa shape index (κ3) is 8.80. The molecule has 1 heterocycles. The summed E-state index contributed by atoms with van der Waals surface area (Å²) >= 11 is 16.3. The monoisotopic (exact) mass is 419 g/mol. The van der Waals surface area contributed by atoms with Crippen molar-refractivity contribution in [2.45, 2.75) is 54.6 Å². The number of alkyl halides is 3. The van der Waals surface area contributed by atoms with E-state index in [4.69, 9.17) is 44.3 Å². The minimum absolute atomic E-state index is 0.0704. The van der Waals surface area contributed by atoms with Gasteiger partial charge >= 0.3 is 18.0 Å². The molecular weight excluding hydrogens is 401 g/mol. The van der Waals surface area contributed by atoms with Crippen molar-refractivity contribution in [1.82, 2.24) is 5.32 Å². The van der Waals surface area contributed by atoms with Crippen LogP contribution in [-0.2, 0) is 23.8 Å². The minimum atomic E-state index is -1.77. The predicted molar refractivity (Wildman–Crippen MR) is 89.5 cm³/mol. The number of ether oxygens (including phenoxy) is 3. The highest BCUT2D eigenvalue weighted by molar-refractivity contribution is 6.67. The summed E-state index contributed by atoms with van der Waals surface area (Å²) in [6.07, 6.45) is -1.61. The topological polar surface area (TPSA) is 111 Å². The summed E-state index contributed by atoms with van der Waals surface area (Å²) in [5.41, 5.74) is 0. The summed E-state index contributed by atoms with van der Waals surface area (Å²) in [5, 5.41) is 12.0. The summed E-state index contributed by atoms with van der Waals surface area (Å²) in [4.78, 5) is 34.8. The van der Waals surface area contributed by atoms with Crippen LogP contribution >= 0.6 is 34.8 Å². The van der Waals surface area contributed by atoms with E-state index in [2.05, 4.69) is 10.1 Å². The van der Waals surface area contributed by atoms with Crippen molar-refractivity contribution in [3.05, 3.63) is 0 Å². The summed E-state index contributed by atoms with van der Waals surface area (Å²) < 4.78 is 12.8. The molecule has 25 heavy (non-hydrogen) atoms. The Balaban J connectivity index is 2.38. The molecule has 144 valence electrons. The lowest BCUT2D eigenvalue weighted by Crippen LogP contribution is -2.39. The lowest BCUT2D eigenvalue weighted by Gasteiger charge is -2.14. The van der Waals surface area contributed by atoms with E-state index in [-0.39, 0.29) is 19.4 Å². The van der Waals surface area contributed by atoms with Gasteiger partial charge in [0, 0.05) is 12.8 Å². The van der Waals surface area contributed by atoms with E-state index in [1.807, 2.05) is 6.92 Å². The maximum Gasteiger partial charge on any atom is 0.407 e. The number of cyclic esters (lactones) is 1. The number of hydrogen-bond acceptors (Lipinski definition) is 7. The highest BCUT2D eigenvalue weighted by Gasteiger charge is 2.38. The third-order valence-corrected chi connectivity index (χ3v) is 3.55. The van der Waals surface area contributed by atoms with E-state index in [0.29, 0.717) is 6.42 Å². The number of alkyl carbamates (subject to hydrolysis) is 1. The molecule has 0 spiro atoms. The zero-order valence-electron chi connectivity index (χ0n) is 13.5.